The number of hydrogen-bond acceptors (Lipinski definition) is 6. The molecule has 0 aliphatic carbocycles. The van der Waals surface area contributed by atoms with Gasteiger partial charge in [0.15, 0.2) is 10.4 Å². The molecule has 8 heteroatoms. The SMILES string of the molecule is Cc1cc(N2CCCCC2)nc(Nc2ccc(NC(=O)c3ccc(Br)o3)cc2)n1. The van der Waals surface area contributed by atoms with Gasteiger partial charge in [0.2, 0.25) is 5.95 Å². The van der Waals surface area contributed by atoms with Crippen molar-refractivity contribution >= 4 is 45.0 Å². The molecule has 1 amide bonds. The fourth-order valence-electron chi connectivity index (χ4n) is 3.29. The number of nitrogens with one attached hydrogen (secondary N) is 2. The Hall–Kier alpha value is -2.87. The minimum Gasteiger partial charge on any atom is -0.444 e. The second-order valence-corrected chi connectivity index (χ2v) is 7.78. The van der Waals surface area contributed by atoms with Gasteiger partial charge in [-0.3, -0.25) is 4.79 Å². The Kier molecular flexibility index (Phi) is 5.80. The molecule has 29 heavy (non-hydrogen) atoms. The molecule has 4 rings (SSSR count). The van der Waals surface area contributed by atoms with Crippen molar-refractivity contribution in [3.63, 3.8) is 0 Å². The van der Waals surface area contributed by atoms with Gasteiger partial charge in [0.1, 0.15) is 5.82 Å². The highest BCUT2D eigenvalue weighted by atomic mass is 79.9. The maximum atomic E-state index is 12.2. The topological polar surface area (TPSA) is 83.3 Å². The predicted octanol–water partition coefficient (Wildman–Crippen LogP) is 5.13. The highest BCUT2D eigenvalue weighted by molar-refractivity contribution is 9.10. The van der Waals surface area contributed by atoms with E-state index in [1.165, 1.54) is 19.3 Å². The lowest BCUT2D eigenvalue weighted by Crippen LogP contribution is -2.30. The predicted molar refractivity (Wildman–Crippen MR) is 117 cm³/mol. The van der Waals surface area contributed by atoms with Gasteiger partial charge in [-0.1, -0.05) is 0 Å². The molecule has 2 N–H and O–H groups in total. The van der Waals surface area contributed by atoms with Crippen molar-refractivity contribution in [2.75, 3.05) is 28.6 Å². The van der Waals surface area contributed by atoms with Crippen molar-refractivity contribution in [2.24, 2.45) is 0 Å². The minimum atomic E-state index is -0.301. The zero-order chi connectivity index (χ0) is 20.2. The third kappa shape index (κ3) is 4.95. The van der Waals surface area contributed by atoms with Crippen molar-refractivity contribution in [1.29, 1.82) is 0 Å². The van der Waals surface area contributed by atoms with E-state index in [0.717, 1.165) is 30.3 Å². The minimum absolute atomic E-state index is 0.248. The Bertz CT molecular complexity index is 997. The molecule has 0 bridgehead atoms. The van der Waals surface area contributed by atoms with Gasteiger partial charge in [0, 0.05) is 36.2 Å². The molecule has 1 saturated heterocycles. The summed E-state index contributed by atoms with van der Waals surface area (Å²) in [5.41, 5.74) is 2.45. The number of carbonyl (C=O) groups excluding carboxylic acids is 1. The maximum Gasteiger partial charge on any atom is 0.291 e. The van der Waals surface area contributed by atoms with E-state index >= 15 is 0 Å². The van der Waals surface area contributed by atoms with E-state index < -0.39 is 0 Å². The number of anilines is 4. The maximum absolute atomic E-state index is 12.2. The third-order valence-electron chi connectivity index (χ3n) is 4.72. The Balaban J connectivity index is 1.43. The third-order valence-corrected chi connectivity index (χ3v) is 5.14. The molecule has 1 aliphatic rings. The molecule has 0 radical (unpaired) electrons. The molecule has 2 aromatic heterocycles. The molecule has 1 aliphatic heterocycles. The second-order valence-electron chi connectivity index (χ2n) is 7.00. The zero-order valence-electron chi connectivity index (χ0n) is 16.1. The molecule has 1 fully saturated rings. The summed E-state index contributed by atoms with van der Waals surface area (Å²) in [5.74, 6) is 1.48. The summed E-state index contributed by atoms with van der Waals surface area (Å²) in [6.45, 7) is 4.05. The van der Waals surface area contributed by atoms with Crippen LogP contribution in [0.2, 0.25) is 0 Å². The number of rotatable bonds is 5. The first-order valence-electron chi connectivity index (χ1n) is 9.61. The molecule has 0 atom stereocenters. The lowest BCUT2D eigenvalue weighted by atomic mass is 10.1. The highest BCUT2D eigenvalue weighted by Gasteiger charge is 2.14. The number of amides is 1. The van der Waals surface area contributed by atoms with E-state index in [4.69, 9.17) is 4.42 Å². The van der Waals surface area contributed by atoms with E-state index in [1.807, 2.05) is 37.3 Å². The molecular weight excluding hydrogens is 434 g/mol. The number of nitrogens with zero attached hydrogens (tertiary/aromatic N) is 3. The van der Waals surface area contributed by atoms with E-state index in [-0.39, 0.29) is 11.7 Å². The van der Waals surface area contributed by atoms with Crippen LogP contribution in [0.5, 0.6) is 0 Å². The Morgan fingerprint density at radius 3 is 2.45 bits per heavy atom. The van der Waals surface area contributed by atoms with Crippen molar-refractivity contribution in [3.05, 3.63) is 58.6 Å². The van der Waals surface area contributed by atoms with Crippen molar-refractivity contribution in [1.82, 2.24) is 9.97 Å². The van der Waals surface area contributed by atoms with Crippen LogP contribution in [0, 0.1) is 6.92 Å². The molecule has 0 spiro atoms. The van der Waals surface area contributed by atoms with Gasteiger partial charge in [0.05, 0.1) is 0 Å². The number of hydrogen-bond donors (Lipinski definition) is 2. The van der Waals surface area contributed by atoms with Crippen molar-refractivity contribution < 1.29 is 9.21 Å². The summed E-state index contributed by atoms with van der Waals surface area (Å²) in [6, 6.07) is 12.7. The first-order chi connectivity index (χ1) is 14.1. The number of halogens is 1. The normalized spacial score (nSPS) is 13.9. The fraction of sp³-hybridized carbons (Fsp3) is 0.286. The van der Waals surface area contributed by atoms with Crippen LogP contribution in [0.3, 0.4) is 0 Å². The van der Waals surface area contributed by atoms with Crippen LogP contribution in [0.1, 0.15) is 35.5 Å². The first-order valence-corrected chi connectivity index (χ1v) is 10.4. The van der Waals surface area contributed by atoms with Crippen LogP contribution in [-0.4, -0.2) is 29.0 Å². The molecule has 150 valence electrons. The number of piperidine rings is 1. The van der Waals surface area contributed by atoms with Gasteiger partial charge >= 0.3 is 0 Å². The summed E-state index contributed by atoms with van der Waals surface area (Å²) in [5, 5.41) is 6.06. The van der Waals surface area contributed by atoms with Crippen molar-refractivity contribution in [2.45, 2.75) is 26.2 Å². The fourth-order valence-corrected chi connectivity index (χ4v) is 3.59. The van der Waals surface area contributed by atoms with Crippen LogP contribution in [-0.2, 0) is 0 Å². The molecule has 3 aromatic rings. The quantitative estimate of drug-likeness (QED) is 0.554. The summed E-state index contributed by atoms with van der Waals surface area (Å²) in [4.78, 5) is 23.7. The summed E-state index contributed by atoms with van der Waals surface area (Å²) >= 11 is 3.19. The van der Waals surface area contributed by atoms with Crippen LogP contribution in [0.15, 0.2) is 51.6 Å². The zero-order valence-corrected chi connectivity index (χ0v) is 17.7. The lowest BCUT2D eigenvalue weighted by molar-refractivity contribution is 0.0995. The molecule has 3 heterocycles. The molecule has 0 unspecified atom stereocenters. The van der Waals surface area contributed by atoms with Crippen LogP contribution in [0.25, 0.3) is 0 Å². The van der Waals surface area contributed by atoms with E-state index in [2.05, 4.69) is 41.4 Å². The molecule has 1 aromatic carbocycles. The highest BCUT2D eigenvalue weighted by Crippen LogP contribution is 2.23. The number of aromatic nitrogens is 2. The van der Waals surface area contributed by atoms with Gasteiger partial charge in [-0.15, -0.1) is 0 Å². The lowest BCUT2D eigenvalue weighted by Gasteiger charge is -2.28. The average Bonchev–Trinajstić information content (AvgIpc) is 3.16. The van der Waals surface area contributed by atoms with Gasteiger partial charge in [-0.25, -0.2) is 4.98 Å². The molecular formula is C21H22BrN5O2. The number of carbonyl (C=O) groups is 1. The standard InChI is InChI=1S/C21H22BrN5O2/c1-14-13-19(27-11-3-2-4-12-27)26-21(23-14)25-16-7-5-15(6-8-16)24-20(28)17-9-10-18(22)29-17/h5-10,13H,2-4,11-12H2,1H3,(H,24,28)(H,23,25,26). The van der Waals surface area contributed by atoms with Crippen molar-refractivity contribution in [3.8, 4) is 0 Å². The van der Waals surface area contributed by atoms with E-state index in [9.17, 15) is 4.79 Å². The van der Waals surface area contributed by atoms with Gasteiger partial charge in [-0.2, -0.15) is 4.98 Å². The largest absolute Gasteiger partial charge is 0.444 e. The summed E-state index contributed by atoms with van der Waals surface area (Å²) < 4.78 is 5.78. The Morgan fingerprint density at radius 2 is 1.76 bits per heavy atom. The van der Waals surface area contributed by atoms with Crippen LogP contribution in [0.4, 0.5) is 23.1 Å². The van der Waals surface area contributed by atoms with Crippen LogP contribution >= 0.6 is 15.9 Å². The number of aryl methyl sites for hydroxylation is 1. The summed E-state index contributed by atoms with van der Waals surface area (Å²) in [7, 11) is 0. The smallest absolute Gasteiger partial charge is 0.291 e. The monoisotopic (exact) mass is 455 g/mol. The van der Waals surface area contributed by atoms with Gasteiger partial charge in [0.25, 0.3) is 5.91 Å². The van der Waals surface area contributed by atoms with E-state index in [1.54, 1.807) is 12.1 Å². The second kappa shape index (κ2) is 8.65. The number of furan rings is 1. The summed E-state index contributed by atoms with van der Waals surface area (Å²) in [6.07, 6.45) is 3.69. The van der Waals surface area contributed by atoms with Gasteiger partial charge < -0.3 is 20.0 Å². The average molecular weight is 456 g/mol. The Morgan fingerprint density at radius 1 is 1.03 bits per heavy atom. The van der Waals surface area contributed by atoms with Gasteiger partial charge in [-0.05, 0) is 78.5 Å². The Labute approximate surface area is 177 Å². The molecule has 0 saturated carbocycles. The molecule has 7 nitrogen and oxygen atoms in total. The van der Waals surface area contributed by atoms with Crippen LogP contribution < -0.4 is 15.5 Å². The first kappa shape index (κ1) is 19.4. The number of benzene rings is 1. The van der Waals surface area contributed by atoms with E-state index in [0.29, 0.717) is 16.3 Å².